The predicted octanol–water partition coefficient (Wildman–Crippen LogP) is 2.33. The van der Waals surface area contributed by atoms with Gasteiger partial charge in [0.05, 0.1) is 11.6 Å². The first-order valence-electron chi connectivity index (χ1n) is 5.79. The Morgan fingerprint density at radius 1 is 1.25 bits per heavy atom. The van der Waals surface area contributed by atoms with Gasteiger partial charge in [0, 0.05) is 0 Å². The summed E-state index contributed by atoms with van der Waals surface area (Å²) >= 11 is 0. The van der Waals surface area contributed by atoms with Crippen molar-refractivity contribution in [3.63, 3.8) is 0 Å². The fourth-order valence-corrected chi connectivity index (χ4v) is 2.36. The Balaban J connectivity index is 2.12. The van der Waals surface area contributed by atoms with Crippen molar-refractivity contribution in [3.8, 4) is 0 Å². The third-order valence-electron chi connectivity index (χ3n) is 3.52. The molecule has 1 aliphatic rings. The summed E-state index contributed by atoms with van der Waals surface area (Å²) in [6.07, 6.45) is 0.950. The number of hydrogen-bond donors (Lipinski definition) is 2. The zero-order valence-corrected chi connectivity index (χ0v) is 9.27. The average Bonchev–Trinajstić information content (AvgIpc) is 2.33. The molecule has 0 aromatic heterocycles. The molecule has 3 N–H and O–H groups in total. The maximum absolute atomic E-state index is 13.0. The van der Waals surface area contributed by atoms with Crippen LogP contribution < -0.4 is 5.73 Å². The van der Waals surface area contributed by atoms with E-state index in [0.29, 0.717) is 25.7 Å². The molecular weight excluding hydrogens is 205 g/mol. The fourth-order valence-electron chi connectivity index (χ4n) is 2.36. The molecule has 0 radical (unpaired) electrons. The largest absolute Gasteiger partial charge is 0.388 e. The Morgan fingerprint density at radius 2 is 1.81 bits per heavy atom. The maximum Gasteiger partial charge on any atom is 0.100 e. The summed E-state index contributed by atoms with van der Waals surface area (Å²) in [4.78, 5) is 0. The Kier molecular flexibility index (Phi) is 3.26. The van der Waals surface area contributed by atoms with Gasteiger partial charge in [0.25, 0.3) is 0 Å². The van der Waals surface area contributed by atoms with Crippen LogP contribution in [-0.4, -0.2) is 16.9 Å². The van der Waals surface area contributed by atoms with E-state index in [4.69, 9.17) is 5.73 Å². The second-order valence-corrected chi connectivity index (χ2v) is 4.67. The maximum atomic E-state index is 13.0. The first kappa shape index (κ1) is 11.6. The Labute approximate surface area is 95.3 Å². The molecule has 1 aromatic rings. The molecule has 0 bridgehead atoms. The topological polar surface area (TPSA) is 46.2 Å². The monoisotopic (exact) mass is 223 g/mol. The summed E-state index contributed by atoms with van der Waals surface area (Å²) in [7, 11) is 0. The van der Waals surface area contributed by atoms with Crippen molar-refractivity contribution in [2.75, 3.05) is 0 Å². The zero-order valence-electron chi connectivity index (χ0n) is 9.27. The van der Waals surface area contributed by atoms with Crippen molar-refractivity contribution < 1.29 is 9.50 Å². The lowest BCUT2D eigenvalue weighted by Gasteiger charge is -2.38. The predicted molar refractivity (Wildman–Crippen MR) is 61.7 cm³/mol. The van der Waals surface area contributed by atoms with Crippen LogP contribution in [0.4, 0.5) is 4.39 Å². The lowest BCUT2D eigenvalue weighted by atomic mass is 9.77. The van der Waals surface area contributed by atoms with E-state index in [1.165, 1.54) is 0 Å². The van der Waals surface area contributed by atoms with Crippen molar-refractivity contribution in [2.24, 2.45) is 5.73 Å². The molecule has 1 atom stereocenters. The summed E-state index contributed by atoms with van der Waals surface area (Å²) in [5, 5.41) is 10.4. The molecule has 1 saturated carbocycles. The number of nitrogens with two attached hydrogens (primary N) is 1. The lowest BCUT2D eigenvalue weighted by molar-refractivity contribution is -0.0363. The van der Waals surface area contributed by atoms with Crippen molar-refractivity contribution in [1.29, 1.82) is 0 Å². The van der Waals surface area contributed by atoms with Gasteiger partial charge >= 0.3 is 0 Å². The van der Waals surface area contributed by atoms with Crippen molar-refractivity contribution in [1.82, 2.24) is 0 Å². The normalized spacial score (nSPS) is 32.3. The van der Waals surface area contributed by atoms with Gasteiger partial charge in [-0.2, -0.15) is 0 Å². The molecule has 0 saturated heterocycles. The quantitative estimate of drug-likeness (QED) is 0.808. The third-order valence-corrected chi connectivity index (χ3v) is 3.52. The Hall–Kier alpha value is -0.930. The van der Waals surface area contributed by atoms with Crippen LogP contribution in [0.3, 0.4) is 0 Å². The first-order valence-corrected chi connectivity index (χ1v) is 5.79. The van der Waals surface area contributed by atoms with E-state index < -0.39 is 17.8 Å². The van der Waals surface area contributed by atoms with Crippen molar-refractivity contribution in [3.05, 3.63) is 35.9 Å². The van der Waals surface area contributed by atoms with E-state index in [1.807, 2.05) is 30.3 Å². The molecule has 88 valence electrons. The van der Waals surface area contributed by atoms with Crippen LogP contribution in [0.15, 0.2) is 30.3 Å². The van der Waals surface area contributed by atoms with E-state index >= 15 is 0 Å². The van der Waals surface area contributed by atoms with Crippen LogP contribution in [0, 0.1) is 0 Å². The van der Waals surface area contributed by atoms with Gasteiger partial charge in [0.1, 0.15) is 6.17 Å². The van der Waals surface area contributed by atoms with Crippen LogP contribution in [0.25, 0.3) is 0 Å². The van der Waals surface area contributed by atoms with E-state index in [0.717, 1.165) is 5.56 Å². The molecule has 2 nitrogen and oxygen atoms in total. The van der Waals surface area contributed by atoms with Gasteiger partial charge in [0.2, 0.25) is 0 Å². The minimum absolute atomic E-state index is 0.414. The molecule has 1 fully saturated rings. The highest BCUT2D eigenvalue weighted by Crippen LogP contribution is 2.37. The number of hydrogen-bond acceptors (Lipinski definition) is 2. The molecule has 0 amide bonds. The van der Waals surface area contributed by atoms with E-state index in [9.17, 15) is 9.50 Å². The number of halogens is 1. The second kappa shape index (κ2) is 4.52. The van der Waals surface area contributed by atoms with E-state index in [-0.39, 0.29) is 0 Å². The molecule has 16 heavy (non-hydrogen) atoms. The van der Waals surface area contributed by atoms with Crippen molar-refractivity contribution >= 4 is 0 Å². The molecule has 3 heteroatoms. The van der Waals surface area contributed by atoms with Crippen LogP contribution in [-0.2, 0) is 0 Å². The molecule has 1 aliphatic carbocycles. The minimum Gasteiger partial charge on any atom is -0.388 e. The molecule has 0 spiro atoms. The standard InChI is InChI=1S/C13H18FNO/c14-11-6-8-13(16,9-7-11)12(15)10-4-2-1-3-5-10/h1-5,11-12,16H,6-9,15H2. The summed E-state index contributed by atoms with van der Waals surface area (Å²) in [6, 6.07) is 9.12. The third kappa shape index (κ3) is 2.25. The SMILES string of the molecule is NC(c1ccccc1)C1(O)CCC(F)CC1. The van der Waals surface area contributed by atoms with Crippen LogP contribution in [0.5, 0.6) is 0 Å². The first-order chi connectivity index (χ1) is 7.62. The van der Waals surface area contributed by atoms with Gasteiger partial charge < -0.3 is 10.8 Å². The zero-order chi connectivity index (χ0) is 11.6. The number of benzene rings is 1. The lowest BCUT2D eigenvalue weighted by Crippen LogP contribution is -2.44. The Bertz CT molecular complexity index is 333. The number of rotatable bonds is 2. The second-order valence-electron chi connectivity index (χ2n) is 4.67. The highest BCUT2D eigenvalue weighted by atomic mass is 19.1. The molecular formula is C13H18FNO. The summed E-state index contributed by atoms with van der Waals surface area (Å²) in [6.45, 7) is 0. The van der Waals surface area contributed by atoms with Gasteiger partial charge in [-0.05, 0) is 31.2 Å². The number of aliphatic hydroxyl groups is 1. The van der Waals surface area contributed by atoms with Crippen molar-refractivity contribution in [2.45, 2.75) is 43.5 Å². The molecule has 0 aliphatic heterocycles. The minimum atomic E-state index is -0.941. The molecule has 0 heterocycles. The van der Waals surface area contributed by atoms with Crippen LogP contribution in [0.2, 0.25) is 0 Å². The fraction of sp³-hybridized carbons (Fsp3) is 0.538. The van der Waals surface area contributed by atoms with Gasteiger partial charge in [-0.3, -0.25) is 0 Å². The summed E-state index contributed by atoms with van der Waals surface area (Å²) in [5.41, 5.74) is 6.06. The smallest absolute Gasteiger partial charge is 0.100 e. The van der Waals surface area contributed by atoms with E-state index in [1.54, 1.807) is 0 Å². The average molecular weight is 223 g/mol. The van der Waals surface area contributed by atoms with Crippen LogP contribution in [0.1, 0.15) is 37.3 Å². The van der Waals surface area contributed by atoms with E-state index in [2.05, 4.69) is 0 Å². The molecule has 1 unspecified atom stereocenters. The van der Waals surface area contributed by atoms with Gasteiger partial charge in [0.15, 0.2) is 0 Å². The summed E-state index contributed by atoms with van der Waals surface area (Å²) < 4.78 is 13.0. The molecule has 1 aromatic carbocycles. The summed E-state index contributed by atoms with van der Waals surface area (Å²) in [5.74, 6) is 0. The highest BCUT2D eigenvalue weighted by molar-refractivity contribution is 5.22. The number of alkyl halides is 1. The Morgan fingerprint density at radius 3 is 2.38 bits per heavy atom. The van der Waals surface area contributed by atoms with Gasteiger partial charge in [-0.25, -0.2) is 4.39 Å². The van der Waals surface area contributed by atoms with Gasteiger partial charge in [-0.15, -0.1) is 0 Å². The van der Waals surface area contributed by atoms with Crippen LogP contribution >= 0.6 is 0 Å². The highest BCUT2D eigenvalue weighted by Gasteiger charge is 2.39. The molecule has 2 rings (SSSR count). The van der Waals surface area contributed by atoms with Gasteiger partial charge in [-0.1, -0.05) is 30.3 Å².